The molecule has 1 atom stereocenters. The smallest absolute Gasteiger partial charge is 0.162 e. The summed E-state index contributed by atoms with van der Waals surface area (Å²) in [5, 5.41) is 11.9. The van der Waals surface area contributed by atoms with Gasteiger partial charge in [0, 0.05) is 5.56 Å². The Bertz CT molecular complexity index is 575. The molecule has 0 spiro atoms. The van der Waals surface area contributed by atoms with Crippen molar-refractivity contribution in [1.29, 1.82) is 0 Å². The predicted molar refractivity (Wildman–Crippen MR) is 70.8 cm³/mol. The monoisotopic (exact) mass is 244 g/mol. The van der Waals surface area contributed by atoms with Crippen LogP contribution in [-0.4, -0.2) is 17.5 Å². The van der Waals surface area contributed by atoms with E-state index < -0.39 is 6.10 Å². The Morgan fingerprint density at radius 1 is 1.28 bits per heavy atom. The predicted octanol–water partition coefficient (Wildman–Crippen LogP) is 2.86. The second-order valence-electron chi connectivity index (χ2n) is 4.14. The van der Waals surface area contributed by atoms with Crippen molar-refractivity contribution in [2.24, 2.45) is 0 Å². The molecule has 0 bridgehead atoms. The highest BCUT2D eigenvalue weighted by molar-refractivity contribution is 5.93. The van der Waals surface area contributed by atoms with Crippen molar-refractivity contribution in [2.75, 3.05) is 6.61 Å². The lowest BCUT2D eigenvalue weighted by atomic mass is 9.97. The molecular weight excluding hydrogens is 228 g/mol. The number of aliphatic hydroxyl groups excluding tert-OH is 1. The van der Waals surface area contributed by atoms with E-state index in [1.807, 2.05) is 37.3 Å². The number of ether oxygens (including phenoxy) is 1. The summed E-state index contributed by atoms with van der Waals surface area (Å²) in [4.78, 5) is 11.4. The van der Waals surface area contributed by atoms with Gasteiger partial charge < -0.3 is 9.84 Å². The molecule has 0 fully saturated rings. The van der Waals surface area contributed by atoms with Gasteiger partial charge in [0.15, 0.2) is 5.78 Å². The zero-order chi connectivity index (χ0) is 13.1. The highest BCUT2D eigenvalue weighted by Crippen LogP contribution is 2.33. The van der Waals surface area contributed by atoms with E-state index in [2.05, 4.69) is 0 Å². The van der Waals surface area contributed by atoms with E-state index in [-0.39, 0.29) is 5.78 Å². The second-order valence-corrected chi connectivity index (χ2v) is 4.14. The maximum atomic E-state index is 11.4. The van der Waals surface area contributed by atoms with Crippen LogP contribution in [-0.2, 0) is 4.79 Å². The second kappa shape index (κ2) is 5.19. The van der Waals surface area contributed by atoms with Crippen molar-refractivity contribution in [1.82, 2.24) is 0 Å². The van der Waals surface area contributed by atoms with Crippen molar-refractivity contribution in [3.05, 3.63) is 42.0 Å². The number of carbonyl (C=O) groups excluding carboxylic acids is 1. The number of fused-ring (bicyclic) bond motifs is 1. The lowest BCUT2D eigenvalue weighted by Gasteiger charge is -2.16. The highest BCUT2D eigenvalue weighted by Gasteiger charge is 2.20. The van der Waals surface area contributed by atoms with Crippen molar-refractivity contribution in [3.8, 4) is 5.75 Å². The fourth-order valence-electron chi connectivity index (χ4n) is 2.04. The number of ketones is 1. The number of Topliss-reactive ketones (excluding diaryl/α,β-unsaturated/α-hetero) is 1. The SMILES string of the molecule is CCOc1ccc2ccccc2c1C(O)C(C)=O. The summed E-state index contributed by atoms with van der Waals surface area (Å²) in [6.45, 7) is 3.75. The van der Waals surface area contributed by atoms with Crippen molar-refractivity contribution in [2.45, 2.75) is 20.0 Å². The largest absolute Gasteiger partial charge is 0.493 e. The third-order valence-corrected chi connectivity index (χ3v) is 2.89. The summed E-state index contributed by atoms with van der Waals surface area (Å²) in [5.74, 6) is 0.284. The first-order valence-electron chi connectivity index (χ1n) is 5.98. The fourth-order valence-corrected chi connectivity index (χ4v) is 2.04. The first kappa shape index (κ1) is 12.6. The van der Waals surface area contributed by atoms with E-state index in [1.54, 1.807) is 6.07 Å². The third kappa shape index (κ3) is 2.22. The molecule has 1 unspecified atom stereocenters. The molecule has 0 saturated heterocycles. The van der Waals surface area contributed by atoms with Crippen LogP contribution in [0.5, 0.6) is 5.75 Å². The number of carbonyl (C=O) groups is 1. The van der Waals surface area contributed by atoms with E-state index in [1.165, 1.54) is 6.92 Å². The van der Waals surface area contributed by atoms with Crippen LogP contribution in [0.4, 0.5) is 0 Å². The summed E-state index contributed by atoms with van der Waals surface area (Å²) >= 11 is 0. The molecule has 2 rings (SSSR count). The van der Waals surface area contributed by atoms with Crippen LogP contribution in [0.2, 0.25) is 0 Å². The lowest BCUT2D eigenvalue weighted by Crippen LogP contribution is -2.10. The summed E-state index contributed by atoms with van der Waals surface area (Å²) in [7, 11) is 0. The van der Waals surface area contributed by atoms with Gasteiger partial charge in [-0.1, -0.05) is 30.3 Å². The molecule has 0 saturated carbocycles. The molecule has 0 aliphatic carbocycles. The lowest BCUT2D eigenvalue weighted by molar-refractivity contribution is -0.125. The van der Waals surface area contributed by atoms with Gasteiger partial charge in [0.05, 0.1) is 6.61 Å². The van der Waals surface area contributed by atoms with Gasteiger partial charge in [0.2, 0.25) is 0 Å². The van der Waals surface area contributed by atoms with Crippen LogP contribution in [0.1, 0.15) is 25.5 Å². The average molecular weight is 244 g/mol. The van der Waals surface area contributed by atoms with Crippen molar-refractivity contribution in [3.63, 3.8) is 0 Å². The number of rotatable bonds is 4. The van der Waals surface area contributed by atoms with Crippen molar-refractivity contribution < 1.29 is 14.6 Å². The van der Waals surface area contributed by atoms with Crippen LogP contribution in [0.15, 0.2) is 36.4 Å². The summed E-state index contributed by atoms with van der Waals surface area (Å²) in [6, 6.07) is 11.4. The third-order valence-electron chi connectivity index (χ3n) is 2.89. The molecule has 0 aliphatic heterocycles. The van der Waals surface area contributed by atoms with Gasteiger partial charge >= 0.3 is 0 Å². The van der Waals surface area contributed by atoms with Crippen LogP contribution >= 0.6 is 0 Å². The Morgan fingerprint density at radius 3 is 2.67 bits per heavy atom. The van der Waals surface area contributed by atoms with Crippen LogP contribution in [0, 0.1) is 0 Å². The summed E-state index contributed by atoms with van der Waals surface area (Å²) in [6.07, 6.45) is -1.14. The zero-order valence-electron chi connectivity index (χ0n) is 10.5. The van der Waals surface area contributed by atoms with Crippen LogP contribution in [0.3, 0.4) is 0 Å². The Hall–Kier alpha value is -1.87. The Balaban J connectivity index is 2.69. The Labute approximate surface area is 106 Å². The number of hydrogen-bond donors (Lipinski definition) is 1. The van der Waals surface area contributed by atoms with Crippen LogP contribution in [0.25, 0.3) is 10.8 Å². The van der Waals surface area contributed by atoms with Gasteiger partial charge in [-0.2, -0.15) is 0 Å². The topological polar surface area (TPSA) is 46.5 Å². The quantitative estimate of drug-likeness (QED) is 0.899. The normalized spacial score (nSPS) is 12.4. The minimum Gasteiger partial charge on any atom is -0.493 e. The maximum Gasteiger partial charge on any atom is 0.162 e. The molecule has 0 heterocycles. The molecule has 3 nitrogen and oxygen atoms in total. The van der Waals surface area contributed by atoms with E-state index >= 15 is 0 Å². The summed E-state index contributed by atoms with van der Waals surface area (Å²) < 4.78 is 5.50. The highest BCUT2D eigenvalue weighted by atomic mass is 16.5. The molecule has 18 heavy (non-hydrogen) atoms. The van der Waals surface area contributed by atoms with Crippen LogP contribution < -0.4 is 4.74 Å². The molecule has 0 amide bonds. The molecular formula is C15H16O3. The first-order valence-corrected chi connectivity index (χ1v) is 5.98. The molecule has 1 N–H and O–H groups in total. The van der Waals surface area contributed by atoms with E-state index in [9.17, 15) is 9.90 Å². The minimum absolute atomic E-state index is 0.285. The fraction of sp³-hybridized carbons (Fsp3) is 0.267. The first-order chi connectivity index (χ1) is 8.65. The van der Waals surface area contributed by atoms with Gasteiger partial charge in [-0.15, -0.1) is 0 Å². The Kier molecular flexibility index (Phi) is 3.63. The standard InChI is InChI=1S/C15H16O3/c1-3-18-13-9-8-11-6-4-5-7-12(11)14(13)15(17)10(2)16/h4-9,15,17H,3H2,1-2H3. The Morgan fingerprint density at radius 2 is 2.00 bits per heavy atom. The molecule has 94 valence electrons. The summed E-state index contributed by atoms with van der Waals surface area (Å²) in [5.41, 5.74) is 0.558. The molecule has 2 aromatic rings. The van der Waals surface area contributed by atoms with Gasteiger partial charge in [0.25, 0.3) is 0 Å². The molecule has 0 radical (unpaired) electrons. The number of benzene rings is 2. The number of hydrogen-bond acceptors (Lipinski definition) is 3. The minimum atomic E-state index is -1.14. The maximum absolute atomic E-state index is 11.4. The molecule has 0 aliphatic rings. The van der Waals surface area contributed by atoms with Gasteiger partial charge in [-0.25, -0.2) is 0 Å². The molecule has 2 aromatic carbocycles. The van der Waals surface area contributed by atoms with E-state index in [0.29, 0.717) is 17.9 Å². The van der Waals surface area contributed by atoms with Gasteiger partial charge in [0.1, 0.15) is 11.9 Å². The van der Waals surface area contributed by atoms with E-state index in [4.69, 9.17) is 4.74 Å². The number of aliphatic hydroxyl groups is 1. The molecule has 0 aromatic heterocycles. The van der Waals surface area contributed by atoms with Gasteiger partial charge in [-0.05, 0) is 30.7 Å². The molecule has 3 heteroatoms. The zero-order valence-corrected chi connectivity index (χ0v) is 10.5. The van der Waals surface area contributed by atoms with Gasteiger partial charge in [-0.3, -0.25) is 4.79 Å². The van der Waals surface area contributed by atoms with Crippen molar-refractivity contribution >= 4 is 16.6 Å². The van der Waals surface area contributed by atoms with E-state index in [0.717, 1.165) is 10.8 Å². The average Bonchev–Trinajstić information content (AvgIpc) is 2.38.